The van der Waals surface area contributed by atoms with Crippen molar-refractivity contribution in [1.82, 2.24) is 10.9 Å². The Kier molecular flexibility index (Phi) is 7.35. The van der Waals surface area contributed by atoms with Gasteiger partial charge < -0.3 is 18.9 Å². The van der Waals surface area contributed by atoms with Crippen molar-refractivity contribution in [2.75, 3.05) is 27.9 Å². The van der Waals surface area contributed by atoms with Crippen LogP contribution >= 0.6 is 0 Å². The summed E-state index contributed by atoms with van der Waals surface area (Å²) in [6, 6.07) is 7.98. The number of ether oxygens (including phenoxy) is 4. The van der Waals surface area contributed by atoms with Gasteiger partial charge in [-0.05, 0) is 24.3 Å². The summed E-state index contributed by atoms with van der Waals surface area (Å²) in [5, 5.41) is 0. The third-order valence-electron chi connectivity index (χ3n) is 3.67. The minimum atomic E-state index is -0.854. The Morgan fingerprint density at radius 1 is 0.931 bits per heavy atom. The molecule has 0 aliphatic carbocycles. The molecule has 0 radical (unpaired) electrons. The van der Waals surface area contributed by atoms with E-state index in [-0.39, 0.29) is 22.6 Å². The van der Waals surface area contributed by atoms with Gasteiger partial charge in [0.2, 0.25) is 5.75 Å². The van der Waals surface area contributed by atoms with E-state index in [0.29, 0.717) is 5.75 Å². The molecule has 10 heteroatoms. The van der Waals surface area contributed by atoms with Crippen LogP contribution in [0.4, 0.5) is 4.39 Å². The average molecular weight is 406 g/mol. The van der Waals surface area contributed by atoms with E-state index < -0.39 is 30.2 Å². The third kappa shape index (κ3) is 5.34. The Hall–Kier alpha value is -3.82. The van der Waals surface area contributed by atoms with Gasteiger partial charge in [-0.2, -0.15) is 0 Å². The summed E-state index contributed by atoms with van der Waals surface area (Å²) >= 11 is 0. The van der Waals surface area contributed by atoms with E-state index in [1.54, 1.807) is 0 Å². The first-order chi connectivity index (χ1) is 13.9. The van der Waals surface area contributed by atoms with Gasteiger partial charge in [0.25, 0.3) is 11.8 Å². The van der Waals surface area contributed by atoms with Crippen molar-refractivity contribution in [3.63, 3.8) is 0 Å². The predicted molar refractivity (Wildman–Crippen MR) is 98.4 cm³/mol. The molecule has 0 bridgehead atoms. The topological polar surface area (TPSA) is 112 Å². The maximum Gasteiger partial charge on any atom is 0.338 e. The number of carbonyl (C=O) groups is 3. The van der Waals surface area contributed by atoms with Gasteiger partial charge in [-0.3, -0.25) is 20.4 Å². The van der Waals surface area contributed by atoms with Gasteiger partial charge in [-0.1, -0.05) is 12.1 Å². The second-order valence-electron chi connectivity index (χ2n) is 5.47. The molecule has 0 aromatic heterocycles. The second kappa shape index (κ2) is 9.93. The molecule has 2 amide bonds. The maximum absolute atomic E-state index is 13.5. The van der Waals surface area contributed by atoms with Crippen LogP contribution in [0.15, 0.2) is 36.4 Å². The number of amides is 2. The summed E-state index contributed by atoms with van der Waals surface area (Å²) in [6.45, 7) is -0.687. The molecule has 154 valence electrons. The average Bonchev–Trinajstić information content (AvgIpc) is 2.74. The van der Waals surface area contributed by atoms with Crippen molar-refractivity contribution in [1.29, 1.82) is 0 Å². The molecule has 0 aliphatic heterocycles. The van der Waals surface area contributed by atoms with Gasteiger partial charge >= 0.3 is 5.97 Å². The maximum atomic E-state index is 13.5. The number of halogens is 1. The van der Waals surface area contributed by atoms with Crippen molar-refractivity contribution in [2.24, 2.45) is 0 Å². The highest BCUT2D eigenvalue weighted by molar-refractivity contribution is 5.96. The lowest BCUT2D eigenvalue weighted by atomic mass is 10.2. The number of esters is 1. The first kappa shape index (κ1) is 21.5. The highest BCUT2D eigenvalue weighted by Crippen LogP contribution is 2.38. The molecular formula is C19H19FN2O7. The molecule has 0 unspecified atom stereocenters. The molecule has 0 aliphatic rings. The normalized spacial score (nSPS) is 9.93. The molecular weight excluding hydrogens is 387 g/mol. The van der Waals surface area contributed by atoms with Crippen molar-refractivity contribution in [3.8, 4) is 17.2 Å². The van der Waals surface area contributed by atoms with Gasteiger partial charge in [0.1, 0.15) is 5.82 Å². The lowest BCUT2D eigenvalue weighted by molar-refractivity contribution is -0.125. The van der Waals surface area contributed by atoms with E-state index in [1.165, 1.54) is 51.7 Å². The molecule has 9 nitrogen and oxygen atoms in total. The molecule has 29 heavy (non-hydrogen) atoms. The fourth-order valence-electron chi connectivity index (χ4n) is 2.29. The lowest BCUT2D eigenvalue weighted by Crippen LogP contribution is -2.43. The van der Waals surface area contributed by atoms with Crippen molar-refractivity contribution < 1.29 is 37.7 Å². The van der Waals surface area contributed by atoms with Crippen LogP contribution in [0.3, 0.4) is 0 Å². The number of nitrogens with one attached hydrogen (secondary N) is 2. The quantitative estimate of drug-likeness (QED) is 0.529. The Morgan fingerprint density at radius 2 is 1.55 bits per heavy atom. The Bertz CT molecular complexity index is 892. The zero-order chi connectivity index (χ0) is 21.4. The van der Waals surface area contributed by atoms with Gasteiger partial charge in [0.15, 0.2) is 18.1 Å². The zero-order valence-electron chi connectivity index (χ0n) is 15.9. The van der Waals surface area contributed by atoms with Gasteiger partial charge in [-0.15, -0.1) is 0 Å². The molecule has 2 aromatic carbocycles. The second-order valence-corrected chi connectivity index (χ2v) is 5.47. The summed E-state index contributed by atoms with van der Waals surface area (Å²) in [6.07, 6.45) is 0. The van der Waals surface area contributed by atoms with Crippen molar-refractivity contribution in [3.05, 3.63) is 53.3 Å². The summed E-state index contributed by atoms with van der Waals surface area (Å²) in [5.74, 6) is -2.49. The third-order valence-corrected chi connectivity index (χ3v) is 3.67. The summed E-state index contributed by atoms with van der Waals surface area (Å²) in [4.78, 5) is 35.8. The molecule has 2 N–H and O–H groups in total. The van der Waals surface area contributed by atoms with Crippen LogP contribution in [0, 0.1) is 5.82 Å². The van der Waals surface area contributed by atoms with Crippen LogP contribution in [0.1, 0.15) is 20.7 Å². The van der Waals surface area contributed by atoms with Crippen molar-refractivity contribution >= 4 is 17.8 Å². The van der Waals surface area contributed by atoms with E-state index in [0.717, 1.165) is 6.07 Å². The molecule has 0 heterocycles. The van der Waals surface area contributed by atoms with E-state index in [1.807, 2.05) is 10.9 Å². The van der Waals surface area contributed by atoms with Gasteiger partial charge in [0.05, 0.1) is 32.5 Å². The molecule has 0 saturated carbocycles. The molecule has 0 atom stereocenters. The fraction of sp³-hybridized carbons (Fsp3) is 0.211. The summed E-state index contributed by atoms with van der Waals surface area (Å²) < 4.78 is 33.8. The Labute approximate surface area is 165 Å². The van der Waals surface area contributed by atoms with E-state index in [9.17, 15) is 18.8 Å². The number of hydrogen-bond donors (Lipinski definition) is 2. The number of hydrogen-bond acceptors (Lipinski definition) is 7. The molecule has 0 fully saturated rings. The molecule has 0 spiro atoms. The van der Waals surface area contributed by atoms with Crippen LogP contribution in [-0.2, 0) is 9.53 Å². The molecule has 2 aromatic rings. The monoisotopic (exact) mass is 406 g/mol. The number of hydrazine groups is 1. The highest BCUT2D eigenvalue weighted by atomic mass is 19.1. The molecule has 0 saturated heterocycles. The molecule has 2 rings (SSSR count). The van der Waals surface area contributed by atoms with Crippen LogP contribution < -0.4 is 25.1 Å². The number of benzene rings is 2. The summed E-state index contributed by atoms with van der Waals surface area (Å²) in [7, 11) is 4.19. The van der Waals surface area contributed by atoms with Gasteiger partial charge in [-0.25, -0.2) is 9.18 Å². The van der Waals surface area contributed by atoms with Crippen molar-refractivity contribution in [2.45, 2.75) is 0 Å². The van der Waals surface area contributed by atoms with Crippen LogP contribution in [0.5, 0.6) is 17.2 Å². The van der Waals surface area contributed by atoms with E-state index in [4.69, 9.17) is 18.9 Å². The SMILES string of the molecule is COc1cc(C(=O)OCC(=O)NNC(=O)c2ccccc2F)cc(OC)c1OC. The van der Waals surface area contributed by atoms with E-state index >= 15 is 0 Å². The van der Waals surface area contributed by atoms with Crippen LogP contribution in [-0.4, -0.2) is 45.7 Å². The van der Waals surface area contributed by atoms with Gasteiger partial charge in [0, 0.05) is 0 Å². The number of methoxy groups -OCH3 is 3. The fourth-order valence-corrected chi connectivity index (χ4v) is 2.29. The largest absolute Gasteiger partial charge is 0.493 e. The minimum absolute atomic E-state index is 0.0580. The lowest BCUT2D eigenvalue weighted by Gasteiger charge is -2.14. The highest BCUT2D eigenvalue weighted by Gasteiger charge is 2.19. The number of rotatable bonds is 7. The minimum Gasteiger partial charge on any atom is -0.493 e. The van der Waals surface area contributed by atoms with E-state index in [2.05, 4.69) is 0 Å². The Balaban J connectivity index is 1.94. The van der Waals surface area contributed by atoms with Crippen LogP contribution in [0.25, 0.3) is 0 Å². The first-order valence-corrected chi connectivity index (χ1v) is 8.22. The van der Waals surface area contributed by atoms with Crippen LogP contribution in [0.2, 0.25) is 0 Å². The smallest absolute Gasteiger partial charge is 0.338 e. The first-order valence-electron chi connectivity index (χ1n) is 8.22. The summed E-state index contributed by atoms with van der Waals surface area (Å²) in [5.41, 5.74) is 3.86. The standard InChI is InChI=1S/C19H19FN2O7/c1-26-14-8-11(9-15(27-2)17(14)28-3)19(25)29-10-16(23)21-22-18(24)12-6-4-5-7-13(12)20/h4-9H,10H2,1-3H3,(H,21,23)(H,22,24). The Morgan fingerprint density at radius 3 is 2.10 bits per heavy atom. The number of carbonyl (C=O) groups excluding carboxylic acids is 3. The zero-order valence-corrected chi connectivity index (χ0v) is 15.9. The predicted octanol–water partition coefficient (Wildman–Crippen LogP) is 1.47.